The lowest BCUT2D eigenvalue weighted by Crippen LogP contribution is -2.33. The Morgan fingerprint density at radius 2 is 1.78 bits per heavy atom. The minimum Gasteiger partial charge on any atom is -0.201 e. The van der Waals surface area contributed by atoms with Gasteiger partial charge in [-0.15, -0.1) is 0 Å². The fourth-order valence-electron chi connectivity index (χ4n) is 1.80. The highest BCUT2D eigenvalue weighted by atomic mass is 14.9. The molecular weight excluding hydrogens is 218 g/mol. The van der Waals surface area contributed by atoms with Gasteiger partial charge in [0.1, 0.15) is 0 Å². The summed E-state index contributed by atoms with van der Waals surface area (Å²) in [7, 11) is 0. The quantitative estimate of drug-likeness (QED) is 0.692. The van der Waals surface area contributed by atoms with Crippen LogP contribution < -0.4 is 4.57 Å². The third-order valence-corrected chi connectivity index (χ3v) is 2.74. The monoisotopic (exact) mass is 236 g/mol. The lowest BCUT2D eigenvalue weighted by Gasteiger charge is -2.01. The molecule has 90 valence electrons. The van der Waals surface area contributed by atoms with Gasteiger partial charge in [-0.05, 0) is 17.6 Å². The first-order chi connectivity index (χ1) is 8.84. The summed E-state index contributed by atoms with van der Waals surface area (Å²) in [6.07, 6.45) is 19.7. The highest BCUT2D eigenvalue weighted by molar-refractivity contribution is 5.33. The van der Waals surface area contributed by atoms with Crippen LogP contribution in [-0.4, -0.2) is 0 Å². The Labute approximate surface area is 109 Å². The molecule has 1 nitrogen and oxygen atoms in total. The first kappa shape index (κ1) is 12.3. The minimum atomic E-state index is 0.922. The van der Waals surface area contributed by atoms with Gasteiger partial charge < -0.3 is 0 Å². The van der Waals surface area contributed by atoms with Crippen LogP contribution in [-0.2, 0) is 6.54 Å². The molecule has 0 aliphatic heterocycles. The number of nitrogens with zero attached hydrogens (tertiary/aromatic N) is 1. The van der Waals surface area contributed by atoms with E-state index in [4.69, 9.17) is 0 Å². The van der Waals surface area contributed by atoms with Crippen molar-refractivity contribution in [3.63, 3.8) is 0 Å². The van der Waals surface area contributed by atoms with E-state index in [2.05, 4.69) is 60.0 Å². The fourth-order valence-corrected chi connectivity index (χ4v) is 1.80. The van der Waals surface area contributed by atoms with Crippen molar-refractivity contribution >= 4 is 0 Å². The molecule has 2 rings (SSSR count). The molecule has 1 aliphatic carbocycles. The topological polar surface area (TPSA) is 3.88 Å². The lowest BCUT2D eigenvalue weighted by molar-refractivity contribution is -0.689. The van der Waals surface area contributed by atoms with Crippen molar-refractivity contribution in [3.05, 3.63) is 90.9 Å². The molecule has 0 bridgehead atoms. The molecule has 1 heterocycles. The first-order valence-electron chi connectivity index (χ1n) is 6.17. The summed E-state index contributed by atoms with van der Waals surface area (Å²) in [4.78, 5) is 0. The molecule has 0 N–H and O–H groups in total. The molecule has 18 heavy (non-hydrogen) atoms. The van der Waals surface area contributed by atoms with Gasteiger partial charge in [0.05, 0.1) is 0 Å². The number of rotatable bonds is 2. The SMILES string of the molecule is C=C1C=C/C=C(/C[n+]2ccccc2)C/C=C\C=C/1. The second kappa shape index (κ2) is 6.55. The average Bonchev–Trinajstić information content (AvgIpc) is 2.39. The van der Waals surface area contributed by atoms with E-state index in [1.165, 1.54) is 5.57 Å². The molecule has 0 unspecified atom stereocenters. The smallest absolute Gasteiger partial charge is 0.170 e. The Morgan fingerprint density at radius 3 is 2.61 bits per heavy atom. The fraction of sp³-hybridized carbons (Fsp3) is 0.118. The Balaban J connectivity index is 2.13. The predicted octanol–water partition coefficient (Wildman–Crippen LogP) is 3.53. The third-order valence-electron chi connectivity index (χ3n) is 2.74. The predicted molar refractivity (Wildman–Crippen MR) is 75.9 cm³/mol. The van der Waals surface area contributed by atoms with E-state index in [-0.39, 0.29) is 0 Å². The number of hydrogen-bond acceptors (Lipinski definition) is 0. The molecule has 0 saturated carbocycles. The van der Waals surface area contributed by atoms with Crippen molar-refractivity contribution in [3.8, 4) is 0 Å². The Morgan fingerprint density at radius 1 is 1.00 bits per heavy atom. The van der Waals surface area contributed by atoms with Gasteiger partial charge in [-0.3, -0.25) is 0 Å². The van der Waals surface area contributed by atoms with Crippen LogP contribution >= 0.6 is 0 Å². The highest BCUT2D eigenvalue weighted by Gasteiger charge is 2.02. The van der Waals surface area contributed by atoms with E-state index in [1.54, 1.807) is 0 Å². The molecule has 0 aromatic carbocycles. The van der Waals surface area contributed by atoms with E-state index < -0.39 is 0 Å². The van der Waals surface area contributed by atoms with Crippen LogP contribution in [0, 0.1) is 0 Å². The van der Waals surface area contributed by atoms with E-state index in [1.807, 2.05) is 24.3 Å². The second-order valence-electron chi connectivity index (χ2n) is 4.30. The summed E-state index contributed by atoms with van der Waals surface area (Å²) < 4.78 is 2.18. The summed E-state index contributed by atoms with van der Waals surface area (Å²) >= 11 is 0. The Hall–Kier alpha value is -2.15. The standard InChI is InChI=1S/C17H18N/c1-16-9-4-2-5-11-17(12-8-10-16)15-18-13-6-3-7-14-18/h2-10,12-14H,1,11,15H2/q+1/b5-2-,9-4-,10-8?,17-12+. The van der Waals surface area contributed by atoms with Crippen molar-refractivity contribution in [2.24, 2.45) is 0 Å². The Kier molecular flexibility index (Phi) is 4.48. The maximum absolute atomic E-state index is 3.96. The molecule has 0 radical (unpaired) electrons. The normalized spacial score (nSPS) is 22.0. The van der Waals surface area contributed by atoms with E-state index in [0.717, 1.165) is 18.5 Å². The van der Waals surface area contributed by atoms with E-state index in [0.29, 0.717) is 0 Å². The van der Waals surface area contributed by atoms with Crippen LogP contribution in [0.15, 0.2) is 90.9 Å². The molecule has 1 aromatic rings. The molecule has 1 aliphatic rings. The summed E-state index contributed by atoms with van der Waals surface area (Å²) in [5.74, 6) is 0. The van der Waals surface area contributed by atoms with Crippen molar-refractivity contribution in [1.29, 1.82) is 0 Å². The first-order valence-corrected chi connectivity index (χ1v) is 6.17. The molecule has 0 fully saturated rings. The van der Waals surface area contributed by atoms with Gasteiger partial charge in [0.25, 0.3) is 0 Å². The van der Waals surface area contributed by atoms with Gasteiger partial charge in [0.2, 0.25) is 0 Å². The third kappa shape index (κ3) is 4.02. The van der Waals surface area contributed by atoms with Crippen molar-refractivity contribution in [2.75, 3.05) is 0 Å². The van der Waals surface area contributed by atoms with Crippen molar-refractivity contribution in [2.45, 2.75) is 13.0 Å². The summed E-state index contributed by atoms with van der Waals surface area (Å²) in [5, 5.41) is 0. The molecule has 1 heteroatoms. The number of aromatic nitrogens is 1. The van der Waals surface area contributed by atoms with E-state index >= 15 is 0 Å². The molecular formula is C17H18N+. The van der Waals surface area contributed by atoms with Crippen LogP contribution in [0.2, 0.25) is 0 Å². The molecule has 0 spiro atoms. The van der Waals surface area contributed by atoms with Gasteiger partial charge >= 0.3 is 0 Å². The van der Waals surface area contributed by atoms with E-state index in [9.17, 15) is 0 Å². The molecule has 0 atom stereocenters. The van der Waals surface area contributed by atoms with Crippen LogP contribution in [0.5, 0.6) is 0 Å². The van der Waals surface area contributed by atoms with Crippen LogP contribution in [0.1, 0.15) is 6.42 Å². The zero-order valence-corrected chi connectivity index (χ0v) is 10.5. The van der Waals surface area contributed by atoms with Gasteiger partial charge in [-0.25, -0.2) is 4.57 Å². The molecule has 0 amide bonds. The zero-order chi connectivity index (χ0) is 12.6. The lowest BCUT2D eigenvalue weighted by atomic mass is 10.1. The van der Waals surface area contributed by atoms with Crippen LogP contribution in [0.3, 0.4) is 0 Å². The molecule has 0 saturated heterocycles. The van der Waals surface area contributed by atoms with Crippen molar-refractivity contribution in [1.82, 2.24) is 0 Å². The van der Waals surface area contributed by atoms with Gasteiger partial charge in [0.15, 0.2) is 18.9 Å². The maximum Gasteiger partial charge on any atom is 0.170 e. The number of pyridine rings is 1. The van der Waals surface area contributed by atoms with Crippen molar-refractivity contribution < 1.29 is 4.57 Å². The minimum absolute atomic E-state index is 0.922. The zero-order valence-electron chi connectivity index (χ0n) is 10.5. The van der Waals surface area contributed by atoms with Gasteiger partial charge in [-0.2, -0.15) is 0 Å². The summed E-state index contributed by atoms with van der Waals surface area (Å²) in [6.45, 7) is 4.88. The average molecular weight is 236 g/mol. The summed E-state index contributed by atoms with van der Waals surface area (Å²) in [5.41, 5.74) is 2.39. The maximum atomic E-state index is 3.96. The summed E-state index contributed by atoms with van der Waals surface area (Å²) in [6, 6.07) is 6.14. The second-order valence-corrected chi connectivity index (χ2v) is 4.30. The van der Waals surface area contributed by atoms with Gasteiger partial charge in [0, 0.05) is 12.1 Å². The highest BCUT2D eigenvalue weighted by Crippen LogP contribution is 2.07. The van der Waals surface area contributed by atoms with Gasteiger partial charge in [-0.1, -0.05) is 55.2 Å². The van der Waals surface area contributed by atoms with Crippen LogP contribution in [0.25, 0.3) is 0 Å². The number of hydrogen-bond donors (Lipinski definition) is 0. The number of allylic oxidation sites excluding steroid dienone is 9. The van der Waals surface area contributed by atoms with Crippen LogP contribution in [0.4, 0.5) is 0 Å². The Bertz CT molecular complexity index is 516. The largest absolute Gasteiger partial charge is 0.201 e. The molecule has 1 aromatic heterocycles.